The van der Waals surface area contributed by atoms with Crippen molar-refractivity contribution in [1.29, 1.82) is 0 Å². The first-order valence-electron chi connectivity index (χ1n) is 10.5. The Labute approximate surface area is 220 Å². The predicted octanol–water partition coefficient (Wildman–Crippen LogP) is 7.55. The van der Waals surface area contributed by atoms with Gasteiger partial charge in [-0.05, 0) is 48.0 Å². The van der Waals surface area contributed by atoms with E-state index in [1.807, 2.05) is 41.1 Å². The summed E-state index contributed by atoms with van der Waals surface area (Å²) in [5, 5.41) is 1.73. The first kappa shape index (κ1) is 23.9. The minimum Gasteiger partial charge on any atom is -0.495 e. The number of halogens is 3. The van der Waals surface area contributed by atoms with Gasteiger partial charge in [0.2, 0.25) is 0 Å². The Morgan fingerprint density at radius 3 is 2.63 bits per heavy atom. The second-order valence-corrected chi connectivity index (χ2v) is 10.3. The molecular formula is C26H17Cl2FN2O2S2. The van der Waals surface area contributed by atoms with Crippen LogP contribution in [0.3, 0.4) is 0 Å². The molecule has 0 spiro atoms. The lowest BCUT2D eigenvalue weighted by molar-refractivity contribution is -0.113. The van der Waals surface area contributed by atoms with Gasteiger partial charge >= 0.3 is 0 Å². The number of anilines is 1. The number of carbonyl (C=O) groups excluding carboxylic acids is 1. The summed E-state index contributed by atoms with van der Waals surface area (Å²) >= 11 is 19.3. The number of para-hydroxylation sites is 1. The lowest BCUT2D eigenvalue weighted by Crippen LogP contribution is -2.27. The van der Waals surface area contributed by atoms with Crippen LogP contribution in [0.4, 0.5) is 10.1 Å². The minimum atomic E-state index is -0.378. The fraction of sp³-hybridized carbons (Fsp3) is 0.0769. The van der Waals surface area contributed by atoms with Crippen LogP contribution < -0.4 is 9.64 Å². The topological polar surface area (TPSA) is 34.5 Å². The van der Waals surface area contributed by atoms with E-state index < -0.39 is 0 Å². The van der Waals surface area contributed by atoms with Gasteiger partial charge in [0.25, 0.3) is 5.91 Å². The minimum absolute atomic E-state index is 0.223. The number of amides is 1. The first-order valence-corrected chi connectivity index (χ1v) is 12.5. The van der Waals surface area contributed by atoms with Gasteiger partial charge in [-0.25, -0.2) is 4.39 Å². The second kappa shape index (κ2) is 9.66. The number of carbonyl (C=O) groups is 1. The molecule has 0 aliphatic carbocycles. The maximum Gasteiger partial charge on any atom is 0.270 e. The van der Waals surface area contributed by atoms with E-state index >= 15 is 0 Å². The highest BCUT2D eigenvalue weighted by Gasteiger charge is 2.34. The van der Waals surface area contributed by atoms with Gasteiger partial charge < -0.3 is 9.30 Å². The molecule has 1 fully saturated rings. The van der Waals surface area contributed by atoms with E-state index in [4.69, 9.17) is 40.2 Å². The highest BCUT2D eigenvalue weighted by atomic mass is 35.5. The Morgan fingerprint density at radius 1 is 1.09 bits per heavy atom. The molecule has 3 aromatic carbocycles. The third-order valence-electron chi connectivity index (χ3n) is 5.65. The van der Waals surface area contributed by atoms with Crippen LogP contribution in [0.15, 0.2) is 71.8 Å². The van der Waals surface area contributed by atoms with E-state index in [9.17, 15) is 9.18 Å². The molecule has 1 amide bonds. The molecule has 0 saturated carbocycles. The summed E-state index contributed by atoms with van der Waals surface area (Å²) in [4.78, 5) is 15.3. The smallest absolute Gasteiger partial charge is 0.270 e. The third-order valence-corrected chi connectivity index (χ3v) is 7.60. The molecule has 5 rings (SSSR count). The molecule has 1 aliphatic rings. The molecule has 176 valence electrons. The Kier molecular flexibility index (Phi) is 6.59. The number of rotatable bonds is 5. The van der Waals surface area contributed by atoms with Crippen molar-refractivity contribution in [2.45, 2.75) is 6.54 Å². The lowest BCUT2D eigenvalue weighted by atomic mass is 10.1. The average Bonchev–Trinajstić information content (AvgIpc) is 3.32. The Hall–Kier alpha value is -2.84. The van der Waals surface area contributed by atoms with Crippen LogP contribution in [0, 0.1) is 5.82 Å². The van der Waals surface area contributed by atoms with Crippen molar-refractivity contribution in [3.8, 4) is 5.75 Å². The van der Waals surface area contributed by atoms with Crippen LogP contribution in [0.1, 0.15) is 11.1 Å². The zero-order chi connectivity index (χ0) is 24.7. The number of hydrogen-bond acceptors (Lipinski definition) is 4. The number of ether oxygens (including phenoxy) is 1. The number of thioether (sulfide) groups is 1. The van der Waals surface area contributed by atoms with Gasteiger partial charge in [-0.15, -0.1) is 0 Å². The third kappa shape index (κ3) is 4.57. The Morgan fingerprint density at radius 2 is 1.89 bits per heavy atom. The number of nitrogens with zero attached hydrogens (tertiary/aromatic N) is 2. The molecule has 4 aromatic rings. The highest BCUT2D eigenvalue weighted by molar-refractivity contribution is 8.27. The maximum absolute atomic E-state index is 13.5. The number of methoxy groups -OCH3 is 1. The largest absolute Gasteiger partial charge is 0.495 e. The number of aromatic nitrogens is 1. The quantitative estimate of drug-likeness (QED) is 0.192. The first-order chi connectivity index (χ1) is 16.9. The number of fused-ring (bicyclic) bond motifs is 1. The molecule has 0 atom stereocenters. The molecule has 35 heavy (non-hydrogen) atoms. The van der Waals surface area contributed by atoms with E-state index in [-0.39, 0.29) is 11.7 Å². The van der Waals surface area contributed by atoms with Gasteiger partial charge in [0.05, 0.1) is 22.7 Å². The number of hydrogen-bond donors (Lipinski definition) is 0. The monoisotopic (exact) mass is 542 g/mol. The zero-order valence-corrected chi connectivity index (χ0v) is 21.4. The molecule has 1 aromatic heterocycles. The van der Waals surface area contributed by atoms with Crippen molar-refractivity contribution >= 4 is 80.1 Å². The molecule has 1 aliphatic heterocycles. The van der Waals surface area contributed by atoms with Crippen LogP contribution in [0.25, 0.3) is 17.0 Å². The van der Waals surface area contributed by atoms with Crippen LogP contribution in [0.5, 0.6) is 5.75 Å². The summed E-state index contributed by atoms with van der Waals surface area (Å²) in [6.07, 6.45) is 3.80. The van der Waals surface area contributed by atoms with E-state index in [1.165, 1.54) is 35.9 Å². The summed E-state index contributed by atoms with van der Waals surface area (Å²) in [5.41, 5.74) is 3.21. The summed E-state index contributed by atoms with van der Waals surface area (Å²) in [6.45, 7) is 0.457. The molecule has 0 N–H and O–H groups in total. The van der Waals surface area contributed by atoms with Crippen molar-refractivity contribution in [2.75, 3.05) is 12.0 Å². The van der Waals surface area contributed by atoms with E-state index in [1.54, 1.807) is 24.3 Å². The molecule has 0 unspecified atom stereocenters. The highest BCUT2D eigenvalue weighted by Crippen LogP contribution is 2.39. The van der Waals surface area contributed by atoms with Crippen molar-refractivity contribution in [3.63, 3.8) is 0 Å². The predicted molar refractivity (Wildman–Crippen MR) is 146 cm³/mol. The van der Waals surface area contributed by atoms with Crippen molar-refractivity contribution in [3.05, 3.63) is 98.8 Å². The molecular weight excluding hydrogens is 526 g/mol. The van der Waals surface area contributed by atoms with Gasteiger partial charge in [0.15, 0.2) is 4.32 Å². The molecule has 0 radical (unpaired) electrons. The number of benzene rings is 3. The van der Waals surface area contributed by atoms with Crippen molar-refractivity contribution in [1.82, 2.24) is 4.57 Å². The van der Waals surface area contributed by atoms with Crippen molar-refractivity contribution in [2.24, 2.45) is 0 Å². The van der Waals surface area contributed by atoms with Gasteiger partial charge in [0, 0.05) is 34.2 Å². The second-order valence-electron chi connectivity index (χ2n) is 7.80. The van der Waals surface area contributed by atoms with Gasteiger partial charge in [-0.1, -0.05) is 71.4 Å². The van der Waals surface area contributed by atoms with E-state index in [2.05, 4.69) is 0 Å². The molecule has 9 heteroatoms. The molecule has 1 saturated heterocycles. The Balaban J connectivity index is 1.51. The summed E-state index contributed by atoms with van der Waals surface area (Å²) in [6, 6.07) is 17.4. The van der Waals surface area contributed by atoms with Gasteiger partial charge in [0.1, 0.15) is 11.6 Å². The average molecular weight is 543 g/mol. The zero-order valence-electron chi connectivity index (χ0n) is 18.3. The molecule has 2 heterocycles. The fourth-order valence-corrected chi connectivity index (χ4v) is 5.75. The summed E-state index contributed by atoms with van der Waals surface area (Å²) < 4.78 is 21.1. The van der Waals surface area contributed by atoms with Gasteiger partial charge in [-0.2, -0.15) is 0 Å². The van der Waals surface area contributed by atoms with E-state index in [0.29, 0.717) is 37.3 Å². The number of thiocarbonyl (C=S) groups is 1. The normalized spacial score (nSPS) is 15.0. The molecule has 4 nitrogen and oxygen atoms in total. The van der Waals surface area contributed by atoms with Crippen LogP contribution in [0.2, 0.25) is 10.0 Å². The fourth-order valence-electron chi connectivity index (χ4n) is 3.98. The van der Waals surface area contributed by atoms with Gasteiger partial charge in [-0.3, -0.25) is 9.69 Å². The Bertz CT molecular complexity index is 1530. The van der Waals surface area contributed by atoms with E-state index in [0.717, 1.165) is 22.0 Å². The van der Waals surface area contributed by atoms with Crippen LogP contribution in [-0.2, 0) is 11.3 Å². The lowest BCUT2D eigenvalue weighted by Gasteiger charge is -2.15. The molecule has 0 bridgehead atoms. The summed E-state index contributed by atoms with van der Waals surface area (Å²) in [7, 11) is 1.53. The maximum atomic E-state index is 13.5. The SMILES string of the molecule is COc1ccc(N2C(=O)/C(=C/c3cn(Cc4ccc(F)cc4Cl)c4ccccc34)SC2=S)cc1Cl. The van der Waals surface area contributed by atoms with Crippen LogP contribution in [-0.4, -0.2) is 21.9 Å². The van der Waals surface area contributed by atoms with Crippen LogP contribution >= 0.6 is 47.2 Å². The van der Waals surface area contributed by atoms with Crippen molar-refractivity contribution < 1.29 is 13.9 Å². The standard InChI is InChI=1S/C26H17Cl2FN2O2S2/c1-33-23-9-8-18(12-21(23)28)31-25(32)24(35-26(31)34)10-16-14-30(22-5-3-2-4-19(16)22)13-15-6-7-17(29)11-20(15)27/h2-12,14H,13H2,1H3/b24-10-. The summed E-state index contributed by atoms with van der Waals surface area (Å²) in [5.74, 6) is -0.0814.